The van der Waals surface area contributed by atoms with Crippen LogP contribution in [-0.2, 0) is 0 Å². The molecule has 1 aliphatic carbocycles. The summed E-state index contributed by atoms with van der Waals surface area (Å²) in [7, 11) is 0.500. The average molecular weight is 380 g/mol. The van der Waals surface area contributed by atoms with Gasteiger partial charge in [-0.1, -0.05) is 71.2 Å². The molecular weight excluding hydrogens is 333 g/mol. The van der Waals surface area contributed by atoms with Gasteiger partial charge in [-0.15, -0.1) is 19.7 Å². The zero-order chi connectivity index (χ0) is 22.1. The number of nitrogens with one attached hydrogen (secondary N) is 1. The van der Waals surface area contributed by atoms with Crippen LogP contribution in [0.15, 0.2) is 62.1 Å². The molecule has 3 unspecified atom stereocenters. The molecule has 2 aliphatic rings. The van der Waals surface area contributed by atoms with Gasteiger partial charge in [-0.3, -0.25) is 4.39 Å². The third-order valence-electron chi connectivity index (χ3n) is 4.03. The van der Waals surface area contributed by atoms with E-state index in [4.69, 9.17) is 0 Å². The van der Waals surface area contributed by atoms with E-state index in [0.29, 0.717) is 24.4 Å². The Morgan fingerprint density at radius 2 is 1.63 bits per heavy atom. The predicted octanol–water partition coefficient (Wildman–Crippen LogP) is 7.70. The van der Waals surface area contributed by atoms with Crippen molar-refractivity contribution in [2.24, 2.45) is 17.3 Å². The fourth-order valence-corrected chi connectivity index (χ4v) is 3.04. The molecule has 0 aromatic heterocycles. The molecule has 0 amide bonds. The van der Waals surface area contributed by atoms with E-state index in [1.54, 1.807) is 0 Å². The van der Waals surface area contributed by atoms with E-state index < -0.39 is 0 Å². The summed E-state index contributed by atoms with van der Waals surface area (Å²) in [6, 6.07) is 0. The lowest BCUT2D eigenvalue weighted by atomic mass is 9.76. The Kier molecular flexibility index (Phi) is 32.6. The topological polar surface area (TPSA) is 12.0 Å². The molecule has 3 atom stereocenters. The van der Waals surface area contributed by atoms with Gasteiger partial charge in [0.2, 0.25) is 0 Å². The molecule has 1 nitrogen and oxygen atoms in total. The van der Waals surface area contributed by atoms with Gasteiger partial charge in [0.15, 0.2) is 0 Å². The molecule has 0 aromatic rings. The highest BCUT2D eigenvalue weighted by atomic mass is 19.1. The van der Waals surface area contributed by atoms with Gasteiger partial charge in [-0.25, -0.2) is 0 Å². The second kappa shape index (κ2) is 26.6. The van der Waals surface area contributed by atoms with E-state index in [0.717, 1.165) is 13.1 Å². The average Bonchev–Trinajstić information content (AvgIpc) is 3.16. The molecule has 1 saturated heterocycles. The molecule has 27 heavy (non-hydrogen) atoms. The molecule has 0 aromatic carbocycles. The summed E-state index contributed by atoms with van der Waals surface area (Å²) in [5.41, 5.74) is 6.11. The van der Waals surface area contributed by atoms with Crippen molar-refractivity contribution < 1.29 is 4.39 Å². The molecule has 0 radical (unpaired) electrons. The summed E-state index contributed by atoms with van der Waals surface area (Å²) in [5, 5.41) is 3.58. The zero-order valence-electron chi connectivity index (χ0n) is 19.2. The monoisotopic (exact) mass is 379 g/mol. The van der Waals surface area contributed by atoms with Gasteiger partial charge in [0.1, 0.15) is 0 Å². The van der Waals surface area contributed by atoms with Crippen LogP contribution in [0.1, 0.15) is 60.8 Å². The first-order chi connectivity index (χ1) is 13.3. The lowest BCUT2D eigenvalue weighted by Gasteiger charge is -2.28. The number of hydrogen-bond donors (Lipinski definition) is 1. The van der Waals surface area contributed by atoms with Crippen molar-refractivity contribution in [2.45, 2.75) is 60.8 Å². The fourth-order valence-electron chi connectivity index (χ4n) is 3.04. The summed E-state index contributed by atoms with van der Waals surface area (Å²) < 4.78 is 9.50. The molecule has 2 heteroatoms. The highest BCUT2D eigenvalue weighted by molar-refractivity contribution is 5.13. The Morgan fingerprint density at radius 3 is 2.04 bits per heavy atom. The normalized spacial score (nSPS) is 23.7. The molecule has 1 fully saturated rings. The summed E-state index contributed by atoms with van der Waals surface area (Å²) in [5.74, 6) is 0.990. The number of hydrogen-bond acceptors (Lipinski definition) is 1. The van der Waals surface area contributed by atoms with Crippen LogP contribution in [0, 0.1) is 17.3 Å². The smallest absolute Gasteiger partial charge is 0.0785 e. The second-order valence-corrected chi connectivity index (χ2v) is 5.19. The molecule has 158 valence electrons. The number of alkyl halides is 1. The molecule has 1 spiro atoms. The van der Waals surface area contributed by atoms with Gasteiger partial charge in [-0.2, -0.15) is 0 Å². The van der Waals surface area contributed by atoms with Crippen molar-refractivity contribution in [3.63, 3.8) is 0 Å². The van der Waals surface area contributed by atoms with Crippen molar-refractivity contribution in [1.29, 1.82) is 0 Å². The van der Waals surface area contributed by atoms with Gasteiger partial charge in [0.05, 0.1) is 7.18 Å². The van der Waals surface area contributed by atoms with E-state index in [-0.39, 0.29) is 0 Å². The maximum atomic E-state index is 9.50. The molecule has 0 bridgehead atoms. The van der Waals surface area contributed by atoms with Crippen LogP contribution in [0.3, 0.4) is 0 Å². The highest BCUT2D eigenvalue weighted by Crippen LogP contribution is 2.41. The van der Waals surface area contributed by atoms with Gasteiger partial charge >= 0.3 is 0 Å². The molecule has 1 aliphatic heterocycles. The minimum Gasteiger partial charge on any atom is -0.315 e. The number of allylic oxidation sites excluding steroid dienone is 2. The second-order valence-electron chi connectivity index (χ2n) is 5.19. The molecule has 0 saturated carbocycles. The van der Waals surface area contributed by atoms with E-state index in [9.17, 15) is 4.39 Å². The van der Waals surface area contributed by atoms with Gasteiger partial charge in [-0.05, 0) is 43.8 Å². The van der Waals surface area contributed by atoms with E-state index >= 15 is 0 Å². The summed E-state index contributed by atoms with van der Waals surface area (Å²) in [6.45, 7) is 27.6. The van der Waals surface area contributed by atoms with Crippen LogP contribution in [0.25, 0.3) is 0 Å². The van der Waals surface area contributed by atoms with Gasteiger partial charge in [0, 0.05) is 18.5 Å². The fraction of sp³-hybridized carbons (Fsp3) is 0.600. The molecule has 1 heterocycles. The van der Waals surface area contributed by atoms with Crippen LogP contribution in [0.5, 0.6) is 0 Å². The lowest BCUT2D eigenvalue weighted by molar-refractivity contribution is 0.306. The van der Waals surface area contributed by atoms with Gasteiger partial charge in [0.25, 0.3) is 0 Å². The Hall–Kier alpha value is -1.59. The van der Waals surface area contributed by atoms with Gasteiger partial charge < -0.3 is 5.32 Å². The summed E-state index contributed by atoms with van der Waals surface area (Å²) in [6.07, 6.45) is 12.6. The highest BCUT2D eigenvalue weighted by Gasteiger charge is 2.36. The summed E-state index contributed by atoms with van der Waals surface area (Å²) in [4.78, 5) is 0. The van der Waals surface area contributed by atoms with Crippen LogP contribution in [0.4, 0.5) is 4.39 Å². The Labute approximate surface area is 170 Å². The SMILES string of the molecule is C=C.C=C=C=CC1CC2(C=CCC2)CNCC1C=C.CC.CC.CC.CF. The minimum atomic E-state index is 0.349. The van der Waals surface area contributed by atoms with Crippen molar-refractivity contribution in [3.8, 4) is 0 Å². The van der Waals surface area contributed by atoms with Crippen LogP contribution in [0.2, 0.25) is 0 Å². The molecular formula is C25H46FN. The third-order valence-corrected chi connectivity index (χ3v) is 4.03. The van der Waals surface area contributed by atoms with Crippen LogP contribution >= 0.6 is 0 Å². The Balaban J connectivity index is -0.000000230. The standard InChI is InChI=1S/C16H21N.3C2H6.C2H4.CH3F/c1-3-5-8-15-11-16(9-6-7-10-16)13-17-12-14(15)4-2;5*1-2/h4,6,8-9,14-15,17H,1-2,7,10-13H2;3*1-2H3;1-2H2;1H3. The molecule has 1 N–H and O–H groups in total. The zero-order valence-corrected chi connectivity index (χ0v) is 19.2. The quantitative estimate of drug-likeness (QED) is 0.383. The van der Waals surface area contributed by atoms with Crippen molar-refractivity contribution in [3.05, 3.63) is 62.1 Å². The first-order valence-electron chi connectivity index (χ1n) is 10.3. The largest absolute Gasteiger partial charge is 0.315 e. The Morgan fingerprint density at radius 1 is 1.07 bits per heavy atom. The summed E-state index contributed by atoms with van der Waals surface area (Å²) >= 11 is 0. The maximum absolute atomic E-state index is 9.50. The first-order valence-corrected chi connectivity index (χ1v) is 10.3. The number of halogens is 1. The van der Waals surface area contributed by atoms with E-state index in [1.165, 1.54) is 19.3 Å². The lowest BCUT2D eigenvalue weighted by Crippen LogP contribution is -2.29. The predicted molar refractivity (Wildman–Crippen MR) is 125 cm³/mol. The first kappa shape index (κ1) is 33.0. The Bertz CT molecular complexity index is 414. The van der Waals surface area contributed by atoms with E-state index in [2.05, 4.69) is 67.4 Å². The van der Waals surface area contributed by atoms with Crippen molar-refractivity contribution in [2.75, 3.05) is 20.3 Å². The van der Waals surface area contributed by atoms with Crippen LogP contribution in [-0.4, -0.2) is 20.3 Å². The molecule has 2 rings (SSSR count). The maximum Gasteiger partial charge on any atom is 0.0785 e. The number of rotatable bonds is 2. The van der Waals surface area contributed by atoms with Crippen molar-refractivity contribution >= 4 is 0 Å². The van der Waals surface area contributed by atoms with Crippen LogP contribution < -0.4 is 5.32 Å². The van der Waals surface area contributed by atoms with Crippen molar-refractivity contribution in [1.82, 2.24) is 5.32 Å². The minimum absolute atomic E-state index is 0.349. The third kappa shape index (κ3) is 14.2. The van der Waals surface area contributed by atoms with E-state index in [1.807, 2.05) is 41.5 Å².